The first-order chi connectivity index (χ1) is 12.3. The lowest BCUT2D eigenvalue weighted by molar-refractivity contribution is 0.248. The van der Waals surface area contributed by atoms with Gasteiger partial charge in [-0.3, -0.25) is 4.90 Å². The summed E-state index contributed by atoms with van der Waals surface area (Å²) >= 11 is 0. The van der Waals surface area contributed by atoms with Gasteiger partial charge in [0.05, 0.1) is 5.56 Å². The van der Waals surface area contributed by atoms with Crippen molar-refractivity contribution in [2.24, 2.45) is 5.92 Å². The zero-order valence-corrected chi connectivity index (χ0v) is 14.4. The van der Waals surface area contributed by atoms with Gasteiger partial charge < -0.3 is 10.2 Å². The first-order valence-corrected chi connectivity index (χ1v) is 9.01. The number of nitrogens with one attached hydrogen (secondary N) is 1. The summed E-state index contributed by atoms with van der Waals surface area (Å²) in [7, 11) is 0. The van der Waals surface area contributed by atoms with Gasteiger partial charge in [-0.1, -0.05) is 6.07 Å². The topological polar surface area (TPSA) is 55.2 Å². The molecule has 1 aromatic carbocycles. The molecule has 0 atom stereocenters. The van der Waals surface area contributed by atoms with E-state index in [1.165, 1.54) is 25.1 Å². The van der Waals surface area contributed by atoms with Gasteiger partial charge in [0.25, 0.3) is 0 Å². The van der Waals surface area contributed by atoms with Crippen LogP contribution in [0.25, 0.3) is 0 Å². The molecule has 1 N–H and O–H groups in total. The highest BCUT2D eigenvalue weighted by Crippen LogP contribution is 2.30. The fraction of sp³-hybridized carbons (Fsp3) is 0.400. The van der Waals surface area contributed by atoms with Gasteiger partial charge in [-0.2, -0.15) is 5.26 Å². The lowest BCUT2D eigenvalue weighted by atomic mass is 10.2. The Balaban J connectivity index is 1.38. The Bertz CT molecular complexity index is 752. The van der Waals surface area contributed by atoms with Gasteiger partial charge in [-0.25, -0.2) is 4.98 Å². The molecule has 2 heterocycles. The second kappa shape index (κ2) is 7.12. The van der Waals surface area contributed by atoms with E-state index in [-0.39, 0.29) is 0 Å². The second-order valence-electron chi connectivity index (χ2n) is 6.95. The maximum Gasteiger partial charge on any atom is 0.130 e. The van der Waals surface area contributed by atoms with E-state index in [0.29, 0.717) is 5.56 Å². The largest absolute Gasteiger partial charge is 0.369 e. The van der Waals surface area contributed by atoms with Gasteiger partial charge in [0, 0.05) is 50.3 Å². The predicted octanol–water partition coefficient (Wildman–Crippen LogP) is 3.23. The maximum absolute atomic E-state index is 8.85. The van der Waals surface area contributed by atoms with Crippen LogP contribution in [-0.4, -0.2) is 42.6 Å². The number of hydrogen-bond donors (Lipinski definition) is 1. The molecule has 0 radical (unpaired) electrons. The van der Waals surface area contributed by atoms with Gasteiger partial charge >= 0.3 is 0 Å². The van der Waals surface area contributed by atoms with Gasteiger partial charge in [-0.15, -0.1) is 0 Å². The van der Waals surface area contributed by atoms with Gasteiger partial charge in [0.2, 0.25) is 0 Å². The van der Waals surface area contributed by atoms with E-state index in [2.05, 4.69) is 44.4 Å². The molecule has 1 aliphatic carbocycles. The van der Waals surface area contributed by atoms with Crippen LogP contribution in [0, 0.1) is 17.2 Å². The van der Waals surface area contributed by atoms with Crippen molar-refractivity contribution in [3.05, 3.63) is 48.2 Å². The summed E-state index contributed by atoms with van der Waals surface area (Å²) < 4.78 is 0. The molecule has 5 nitrogen and oxygen atoms in total. The highest BCUT2D eigenvalue weighted by molar-refractivity contribution is 5.63. The monoisotopic (exact) mass is 333 g/mol. The molecule has 1 aliphatic heterocycles. The van der Waals surface area contributed by atoms with Crippen LogP contribution in [-0.2, 0) is 0 Å². The van der Waals surface area contributed by atoms with Crippen LogP contribution in [0.3, 0.4) is 0 Å². The Hall–Kier alpha value is -2.58. The number of rotatable bonds is 5. The minimum Gasteiger partial charge on any atom is -0.369 e. The first kappa shape index (κ1) is 15.9. The average molecular weight is 333 g/mol. The minimum atomic E-state index is 0.573. The van der Waals surface area contributed by atoms with Crippen LogP contribution in [0.4, 0.5) is 17.2 Å². The summed E-state index contributed by atoms with van der Waals surface area (Å²) in [4.78, 5) is 9.34. The van der Waals surface area contributed by atoms with Crippen molar-refractivity contribution in [3.8, 4) is 6.07 Å². The number of pyridine rings is 1. The molecule has 0 bridgehead atoms. The van der Waals surface area contributed by atoms with Crippen LogP contribution in [0.2, 0.25) is 0 Å². The number of nitrogens with zero attached hydrogens (tertiary/aromatic N) is 4. The molecule has 2 aromatic rings. The highest BCUT2D eigenvalue weighted by atomic mass is 15.3. The summed E-state index contributed by atoms with van der Waals surface area (Å²) in [6, 6.07) is 14.2. The third kappa shape index (κ3) is 4.09. The zero-order valence-electron chi connectivity index (χ0n) is 14.4. The smallest absolute Gasteiger partial charge is 0.130 e. The summed E-state index contributed by atoms with van der Waals surface area (Å²) in [5.74, 6) is 1.73. The average Bonchev–Trinajstić information content (AvgIpc) is 3.47. The van der Waals surface area contributed by atoms with Crippen molar-refractivity contribution in [1.29, 1.82) is 5.26 Å². The number of aromatic nitrogens is 1. The van der Waals surface area contributed by atoms with Crippen molar-refractivity contribution in [2.75, 3.05) is 42.9 Å². The Morgan fingerprint density at radius 2 is 1.96 bits per heavy atom. The maximum atomic E-state index is 8.85. The van der Waals surface area contributed by atoms with Crippen molar-refractivity contribution >= 4 is 17.2 Å². The van der Waals surface area contributed by atoms with Crippen LogP contribution in [0.1, 0.15) is 18.4 Å². The van der Waals surface area contributed by atoms with Crippen molar-refractivity contribution < 1.29 is 0 Å². The Morgan fingerprint density at radius 1 is 1.12 bits per heavy atom. The van der Waals surface area contributed by atoms with Crippen LogP contribution >= 0.6 is 0 Å². The molecule has 25 heavy (non-hydrogen) atoms. The molecule has 4 rings (SSSR count). The molecule has 128 valence electrons. The van der Waals surface area contributed by atoms with Gasteiger partial charge in [-0.05, 0) is 49.1 Å². The molecule has 1 aromatic heterocycles. The number of benzene rings is 1. The number of piperazine rings is 1. The fourth-order valence-electron chi connectivity index (χ4n) is 3.32. The fourth-order valence-corrected chi connectivity index (χ4v) is 3.32. The van der Waals surface area contributed by atoms with Crippen LogP contribution in [0.15, 0.2) is 42.6 Å². The molecule has 1 saturated carbocycles. The van der Waals surface area contributed by atoms with E-state index in [0.717, 1.165) is 43.6 Å². The quantitative estimate of drug-likeness (QED) is 0.910. The standard InChI is InChI=1S/C20H23N5/c21-13-17-6-7-20(22-14-17)23-18-2-1-3-19(12-18)25-10-8-24(9-11-25)15-16-4-5-16/h1-3,6-7,12,14,16H,4-5,8-11,15H2,(H,22,23). The lowest BCUT2D eigenvalue weighted by Crippen LogP contribution is -2.47. The second-order valence-corrected chi connectivity index (χ2v) is 6.95. The molecule has 0 unspecified atom stereocenters. The van der Waals surface area contributed by atoms with Crippen molar-refractivity contribution in [3.63, 3.8) is 0 Å². The summed E-state index contributed by atoms with van der Waals surface area (Å²) in [6.07, 6.45) is 4.44. The van der Waals surface area contributed by atoms with E-state index in [9.17, 15) is 0 Å². The predicted molar refractivity (Wildman–Crippen MR) is 100 cm³/mol. The van der Waals surface area contributed by atoms with E-state index < -0.39 is 0 Å². The first-order valence-electron chi connectivity index (χ1n) is 9.01. The molecule has 0 amide bonds. The zero-order chi connectivity index (χ0) is 17.1. The van der Waals surface area contributed by atoms with Gasteiger partial charge in [0.15, 0.2) is 0 Å². The van der Waals surface area contributed by atoms with Crippen molar-refractivity contribution in [2.45, 2.75) is 12.8 Å². The summed E-state index contributed by atoms with van der Waals surface area (Å²) in [5.41, 5.74) is 2.85. The SMILES string of the molecule is N#Cc1ccc(Nc2cccc(N3CCN(CC4CC4)CC3)c2)nc1. The molecule has 0 spiro atoms. The number of anilines is 3. The van der Waals surface area contributed by atoms with E-state index in [1.807, 2.05) is 12.1 Å². The molecule has 2 aliphatic rings. The highest BCUT2D eigenvalue weighted by Gasteiger charge is 2.26. The normalized spacial score (nSPS) is 18.0. The van der Waals surface area contributed by atoms with Crippen LogP contribution in [0.5, 0.6) is 0 Å². The molecular formula is C20H23N5. The number of nitriles is 1. The minimum absolute atomic E-state index is 0.573. The summed E-state index contributed by atoms with van der Waals surface area (Å²) in [6.45, 7) is 5.78. The van der Waals surface area contributed by atoms with Crippen LogP contribution < -0.4 is 10.2 Å². The lowest BCUT2D eigenvalue weighted by Gasteiger charge is -2.36. The summed E-state index contributed by atoms with van der Waals surface area (Å²) in [5, 5.41) is 12.2. The third-order valence-corrected chi connectivity index (χ3v) is 4.96. The van der Waals surface area contributed by atoms with Gasteiger partial charge in [0.1, 0.15) is 11.9 Å². The van der Waals surface area contributed by atoms with E-state index >= 15 is 0 Å². The van der Waals surface area contributed by atoms with E-state index in [1.54, 1.807) is 12.3 Å². The third-order valence-electron chi connectivity index (χ3n) is 4.96. The Morgan fingerprint density at radius 3 is 2.64 bits per heavy atom. The Labute approximate surface area is 148 Å². The van der Waals surface area contributed by atoms with Crippen molar-refractivity contribution in [1.82, 2.24) is 9.88 Å². The Kier molecular flexibility index (Phi) is 4.53. The molecular weight excluding hydrogens is 310 g/mol. The molecule has 1 saturated heterocycles. The number of hydrogen-bond acceptors (Lipinski definition) is 5. The van der Waals surface area contributed by atoms with E-state index in [4.69, 9.17) is 5.26 Å². The molecule has 5 heteroatoms. The molecule has 2 fully saturated rings.